The second-order valence-corrected chi connectivity index (χ2v) is 8.63. The number of aromatic nitrogens is 4. The molecule has 6 heteroatoms. The van der Waals surface area contributed by atoms with Gasteiger partial charge < -0.3 is 5.32 Å². The molecule has 1 aliphatic heterocycles. The van der Waals surface area contributed by atoms with Crippen LogP contribution in [-0.4, -0.2) is 25.5 Å². The van der Waals surface area contributed by atoms with Gasteiger partial charge in [-0.1, -0.05) is 49.8 Å². The molecule has 3 aromatic rings. The van der Waals surface area contributed by atoms with E-state index < -0.39 is 0 Å². The van der Waals surface area contributed by atoms with Crippen molar-refractivity contribution in [2.24, 2.45) is 11.3 Å². The number of hydrogen-bond acceptors (Lipinski definition) is 5. The van der Waals surface area contributed by atoms with Crippen LogP contribution >= 0.6 is 0 Å². The van der Waals surface area contributed by atoms with Crippen LogP contribution in [0.4, 0.5) is 5.95 Å². The van der Waals surface area contributed by atoms with Crippen molar-refractivity contribution in [3.63, 3.8) is 0 Å². The predicted octanol–water partition coefficient (Wildman–Crippen LogP) is 4.16. The van der Waals surface area contributed by atoms with Gasteiger partial charge in [-0.2, -0.15) is 4.98 Å². The van der Waals surface area contributed by atoms with E-state index >= 15 is 0 Å². The van der Waals surface area contributed by atoms with Crippen LogP contribution in [0, 0.1) is 18.3 Å². The van der Waals surface area contributed by atoms with Gasteiger partial charge >= 0.3 is 0 Å². The number of fused-ring (bicyclic) bond motifs is 2. The van der Waals surface area contributed by atoms with Gasteiger partial charge in [0, 0.05) is 30.1 Å². The van der Waals surface area contributed by atoms with Crippen molar-refractivity contribution in [3.05, 3.63) is 71.7 Å². The molecule has 0 saturated heterocycles. The van der Waals surface area contributed by atoms with Gasteiger partial charge in [-0.05, 0) is 30.0 Å². The maximum Gasteiger partial charge on any atom is 0.226 e. The van der Waals surface area contributed by atoms with Gasteiger partial charge in [-0.3, -0.25) is 9.78 Å². The molecule has 0 saturated carbocycles. The second kappa shape index (κ2) is 6.37. The minimum absolute atomic E-state index is 0.177. The zero-order valence-electron chi connectivity index (χ0n) is 16.8. The predicted molar refractivity (Wildman–Crippen MR) is 111 cm³/mol. The van der Waals surface area contributed by atoms with Gasteiger partial charge in [0.25, 0.3) is 0 Å². The number of nitrogens with zero attached hydrogens (tertiary/aromatic N) is 4. The highest BCUT2D eigenvalue weighted by Crippen LogP contribution is 2.45. The molecule has 6 nitrogen and oxygen atoms in total. The number of ketones is 1. The first-order chi connectivity index (χ1) is 13.9. The van der Waals surface area contributed by atoms with Crippen molar-refractivity contribution >= 4 is 11.7 Å². The first kappa shape index (κ1) is 17.8. The average Bonchev–Trinajstić information content (AvgIpc) is 3.10. The Balaban J connectivity index is 1.70. The van der Waals surface area contributed by atoms with Crippen LogP contribution in [0.5, 0.6) is 0 Å². The van der Waals surface area contributed by atoms with Crippen molar-refractivity contribution in [1.29, 1.82) is 0 Å². The molecule has 5 rings (SSSR count). The molecule has 0 amide bonds. The minimum Gasteiger partial charge on any atom is -0.328 e. The van der Waals surface area contributed by atoms with E-state index in [9.17, 15) is 4.79 Å². The maximum atomic E-state index is 13.2. The lowest BCUT2D eigenvalue weighted by Crippen LogP contribution is -2.42. The molecule has 2 aliphatic rings. The molecular weight excluding hydrogens is 362 g/mol. The molecule has 2 atom stereocenters. The number of pyridine rings is 1. The first-order valence-corrected chi connectivity index (χ1v) is 9.87. The number of allylic oxidation sites excluding steroid dienone is 2. The number of rotatable bonds is 2. The molecular formula is C23H23N5O. The van der Waals surface area contributed by atoms with Crippen LogP contribution in [0.15, 0.2) is 60.6 Å². The Labute approximate surface area is 169 Å². The lowest BCUT2D eigenvalue weighted by atomic mass is 9.72. The summed E-state index contributed by atoms with van der Waals surface area (Å²) >= 11 is 0. The van der Waals surface area contributed by atoms with Crippen molar-refractivity contribution in [2.45, 2.75) is 33.2 Å². The van der Waals surface area contributed by atoms with Gasteiger partial charge in [0.05, 0.1) is 12.0 Å². The average molecular weight is 385 g/mol. The Bertz CT molecular complexity index is 1110. The Hall–Kier alpha value is -3.28. The van der Waals surface area contributed by atoms with E-state index in [4.69, 9.17) is 10.1 Å². The zero-order chi connectivity index (χ0) is 20.2. The molecule has 2 aromatic heterocycles. The standard InChI is InChI=1S/C23H23N5O/c1-14-4-6-15(7-5-14)20-19-17(12-23(2,3)13-18(19)29)25-22-26-21(27-28(20)22)16-8-10-24-11-9-16/h4-12,19-20H,13H2,1-3H3,(H,25,26,27)/t19-,20-/m1/s1. The quantitative estimate of drug-likeness (QED) is 0.717. The lowest BCUT2D eigenvalue weighted by Gasteiger charge is -2.40. The first-order valence-electron chi connectivity index (χ1n) is 9.87. The van der Waals surface area contributed by atoms with Crippen LogP contribution in [-0.2, 0) is 4.79 Å². The molecule has 3 heterocycles. The monoisotopic (exact) mass is 385 g/mol. The maximum absolute atomic E-state index is 13.2. The van der Waals surface area contributed by atoms with E-state index in [-0.39, 0.29) is 23.2 Å². The van der Waals surface area contributed by atoms with Crippen molar-refractivity contribution < 1.29 is 4.79 Å². The van der Waals surface area contributed by atoms with E-state index in [0.717, 1.165) is 16.8 Å². The molecule has 0 unspecified atom stereocenters. The molecule has 146 valence electrons. The number of carbonyl (C=O) groups excluding carboxylic acids is 1. The summed E-state index contributed by atoms with van der Waals surface area (Å²) < 4.78 is 1.87. The largest absolute Gasteiger partial charge is 0.328 e. The van der Waals surface area contributed by atoms with Crippen LogP contribution in [0.3, 0.4) is 0 Å². The van der Waals surface area contributed by atoms with Gasteiger partial charge in [0.1, 0.15) is 5.78 Å². The highest BCUT2D eigenvalue weighted by Gasteiger charge is 2.45. The Kier molecular flexibility index (Phi) is 3.91. The fraction of sp³-hybridized carbons (Fsp3) is 0.304. The molecule has 0 bridgehead atoms. The van der Waals surface area contributed by atoms with Crippen LogP contribution < -0.4 is 5.32 Å². The summed E-state index contributed by atoms with van der Waals surface area (Å²) in [4.78, 5) is 22.0. The number of hydrogen-bond donors (Lipinski definition) is 1. The van der Waals surface area contributed by atoms with E-state index in [1.54, 1.807) is 12.4 Å². The fourth-order valence-corrected chi connectivity index (χ4v) is 4.35. The van der Waals surface area contributed by atoms with Crippen LogP contribution in [0.1, 0.15) is 37.4 Å². The zero-order valence-corrected chi connectivity index (χ0v) is 16.8. The van der Waals surface area contributed by atoms with E-state index in [1.807, 2.05) is 16.8 Å². The summed E-state index contributed by atoms with van der Waals surface area (Å²) in [5.74, 6) is 1.23. The van der Waals surface area contributed by atoms with E-state index in [0.29, 0.717) is 18.2 Å². The molecule has 1 N–H and O–H groups in total. The third-order valence-electron chi connectivity index (χ3n) is 5.68. The van der Waals surface area contributed by atoms with Crippen LogP contribution in [0.25, 0.3) is 11.4 Å². The Morgan fingerprint density at radius 2 is 1.83 bits per heavy atom. The van der Waals surface area contributed by atoms with Gasteiger partial charge in [0.2, 0.25) is 5.95 Å². The molecule has 29 heavy (non-hydrogen) atoms. The second-order valence-electron chi connectivity index (χ2n) is 8.63. The van der Waals surface area contributed by atoms with Gasteiger partial charge in [-0.15, -0.1) is 5.10 Å². The van der Waals surface area contributed by atoms with Crippen LogP contribution in [0.2, 0.25) is 0 Å². The highest BCUT2D eigenvalue weighted by molar-refractivity contribution is 5.88. The summed E-state index contributed by atoms with van der Waals surface area (Å²) in [6, 6.07) is 11.9. The number of benzene rings is 1. The number of anilines is 1. The number of Topliss-reactive ketones (excluding diaryl/α,β-unsaturated/α-hetero) is 1. The fourth-order valence-electron chi connectivity index (χ4n) is 4.35. The summed E-state index contributed by atoms with van der Waals surface area (Å²) in [5.41, 5.74) is 3.90. The SMILES string of the molecule is Cc1ccc([C@@H]2[C@H]3C(=O)CC(C)(C)C=C3Nc3nc(-c4ccncc4)nn32)cc1. The molecule has 1 aliphatic carbocycles. The summed E-state index contributed by atoms with van der Waals surface area (Å²) in [6.45, 7) is 6.26. The van der Waals surface area contributed by atoms with Crippen molar-refractivity contribution in [3.8, 4) is 11.4 Å². The molecule has 0 spiro atoms. The number of carbonyl (C=O) groups is 1. The Morgan fingerprint density at radius 1 is 1.10 bits per heavy atom. The number of nitrogens with one attached hydrogen (secondary N) is 1. The van der Waals surface area contributed by atoms with E-state index in [1.165, 1.54) is 5.56 Å². The van der Waals surface area contributed by atoms with E-state index in [2.05, 4.69) is 61.4 Å². The molecule has 0 fully saturated rings. The normalized spacial score (nSPS) is 22.3. The Morgan fingerprint density at radius 3 is 2.55 bits per heavy atom. The summed E-state index contributed by atoms with van der Waals surface area (Å²) in [7, 11) is 0. The third kappa shape index (κ3) is 3.05. The molecule has 1 aromatic carbocycles. The van der Waals surface area contributed by atoms with Crippen molar-refractivity contribution in [1.82, 2.24) is 19.7 Å². The summed E-state index contributed by atoms with van der Waals surface area (Å²) in [5, 5.41) is 8.20. The minimum atomic E-state index is -0.287. The highest BCUT2D eigenvalue weighted by atomic mass is 16.1. The number of aryl methyl sites for hydroxylation is 1. The third-order valence-corrected chi connectivity index (χ3v) is 5.68. The smallest absolute Gasteiger partial charge is 0.226 e. The van der Waals surface area contributed by atoms with Crippen molar-refractivity contribution in [2.75, 3.05) is 5.32 Å². The molecule has 0 radical (unpaired) electrons. The van der Waals surface area contributed by atoms with Gasteiger partial charge in [-0.25, -0.2) is 4.68 Å². The lowest BCUT2D eigenvalue weighted by molar-refractivity contribution is -0.125. The topological polar surface area (TPSA) is 72.7 Å². The summed E-state index contributed by atoms with van der Waals surface area (Å²) in [6.07, 6.45) is 6.17. The van der Waals surface area contributed by atoms with Gasteiger partial charge in [0.15, 0.2) is 5.82 Å².